The first-order valence-electron chi connectivity index (χ1n) is 3.33. The Kier molecular flexibility index (Phi) is 0.858. The zero-order valence-corrected chi connectivity index (χ0v) is 5.24. The predicted molar refractivity (Wildman–Crippen MR) is 33.0 cm³/mol. The van der Waals surface area contributed by atoms with Gasteiger partial charge in [-0.25, -0.2) is 0 Å². The highest BCUT2D eigenvalue weighted by Crippen LogP contribution is 2.23. The van der Waals surface area contributed by atoms with E-state index in [1.807, 2.05) is 0 Å². The summed E-state index contributed by atoms with van der Waals surface area (Å²) in [6.45, 7) is 1.94. The molecular formula is C6H10N2O. The molecule has 0 aromatic rings. The van der Waals surface area contributed by atoms with Gasteiger partial charge in [0.25, 0.3) is 0 Å². The van der Waals surface area contributed by atoms with Crippen molar-refractivity contribution in [1.29, 1.82) is 0 Å². The fourth-order valence-electron chi connectivity index (χ4n) is 1.47. The van der Waals surface area contributed by atoms with E-state index in [-0.39, 0.29) is 11.4 Å². The van der Waals surface area contributed by atoms with E-state index in [0.29, 0.717) is 0 Å². The summed E-state index contributed by atoms with van der Waals surface area (Å²) in [5.41, 5.74) is 0.178. The van der Waals surface area contributed by atoms with E-state index in [4.69, 9.17) is 0 Å². The van der Waals surface area contributed by atoms with Crippen LogP contribution in [0.15, 0.2) is 0 Å². The van der Waals surface area contributed by atoms with Crippen molar-refractivity contribution >= 4 is 5.91 Å². The first-order valence-corrected chi connectivity index (χ1v) is 3.33. The molecule has 0 unspecified atom stereocenters. The number of nitrogens with one attached hydrogen (secondary N) is 2. The van der Waals surface area contributed by atoms with Gasteiger partial charge in [0, 0.05) is 19.5 Å². The lowest BCUT2D eigenvalue weighted by atomic mass is 9.91. The minimum Gasteiger partial charge on any atom is -0.348 e. The summed E-state index contributed by atoms with van der Waals surface area (Å²) in [6.07, 6.45) is 1.75. The normalized spacial score (nSPS) is 30.0. The van der Waals surface area contributed by atoms with Gasteiger partial charge in [0.2, 0.25) is 5.91 Å². The van der Waals surface area contributed by atoms with Crippen LogP contribution in [0.1, 0.15) is 12.8 Å². The van der Waals surface area contributed by atoms with Crippen LogP contribution < -0.4 is 10.6 Å². The van der Waals surface area contributed by atoms with Gasteiger partial charge in [-0.15, -0.1) is 0 Å². The smallest absolute Gasteiger partial charge is 0.220 e. The van der Waals surface area contributed by atoms with Gasteiger partial charge in [0.15, 0.2) is 0 Å². The zero-order chi connectivity index (χ0) is 6.32. The van der Waals surface area contributed by atoms with E-state index in [2.05, 4.69) is 10.6 Å². The summed E-state index contributed by atoms with van der Waals surface area (Å²) in [5.74, 6) is 0.219. The molecule has 1 amide bonds. The van der Waals surface area contributed by atoms with Crippen molar-refractivity contribution in [3.05, 3.63) is 0 Å². The molecule has 3 heteroatoms. The monoisotopic (exact) mass is 126 g/mol. The third-order valence-electron chi connectivity index (χ3n) is 2.16. The second kappa shape index (κ2) is 1.48. The molecule has 0 saturated carbocycles. The average Bonchev–Trinajstić information content (AvgIpc) is 2.09. The maximum Gasteiger partial charge on any atom is 0.220 e. The number of rotatable bonds is 0. The third-order valence-corrected chi connectivity index (χ3v) is 2.16. The number of amides is 1. The average molecular weight is 126 g/mol. The molecule has 2 N–H and O–H groups in total. The highest BCUT2D eigenvalue weighted by molar-refractivity contribution is 5.79. The highest BCUT2D eigenvalue weighted by atomic mass is 16.2. The zero-order valence-electron chi connectivity index (χ0n) is 5.24. The largest absolute Gasteiger partial charge is 0.348 e. The molecular weight excluding hydrogens is 116 g/mol. The van der Waals surface area contributed by atoms with Crippen LogP contribution >= 0.6 is 0 Å². The minimum atomic E-state index is 0.178. The van der Waals surface area contributed by atoms with Crippen LogP contribution in [0.2, 0.25) is 0 Å². The lowest BCUT2D eigenvalue weighted by Gasteiger charge is -2.38. The molecule has 3 nitrogen and oxygen atoms in total. The molecule has 0 atom stereocenters. The first kappa shape index (κ1) is 5.23. The molecule has 0 bridgehead atoms. The Morgan fingerprint density at radius 2 is 2.22 bits per heavy atom. The Balaban J connectivity index is 2.07. The Morgan fingerprint density at radius 1 is 1.44 bits per heavy atom. The SMILES string of the molecule is O=C1CCC2(CNC2)N1. The van der Waals surface area contributed by atoms with E-state index in [1.54, 1.807) is 0 Å². The van der Waals surface area contributed by atoms with E-state index in [0.717, 1.165) is 25.9 Å². The van der Waals surface area contributed by atoms with Crippen molar-refractivity contribution in [2.24, 2.45) is 0 Å². The summed E-state index contributed by atoms with van der Waals surface area (Å²) < 4.78 is 0. The molecule has 0 aromatic carbocycles. The van der Waals surface area contributed by atoms with Crippen molar-refractivity contribution in [1.82, 2.24) is 10.6 Å². The van der Waals surface area contributed by atoms with Gasteiger partial charge in [-0.2, -0.15) is 0 Å². The lowest BCUT2D eigenvalue weighted by Crippen LogP contribution is -2.65. The van der Waals surface area contributed by atoms with Crippen LogP contribution in [0.5, 0.6) is 0 Å². The molecule has 50 valence electrons. The molecule has 2 fully saturated rings. The number of hydrogen-bond acceptors (Lipinski definition) is 2. The molecule has 2 aliphatic rings. The summed E-state index contributed by atoms with van der Waals surface area (Å²) in [7, 11) is 0. The second-order valence-corrected chi connectivity index (χ2v) is 2.93. The highest BCUT2D eigenvalue weighted by Gasteiger charge is 2.42. The van der Waals surface area contributed by atoms with Gasteiger partial charge < -0.3 is 10.6 Å². The van der Waals surface area contributed by atoms with Crippen molar-refractivity contribution < 1.29 is 4.79 Å². The Labute approximate surface area is 53.8 Å². The van der Waals surface area contributed by atoms with Gasteiger partial charge in [-0.05, 0) is 6.42 Å². The number of hydrogen-bond donors (Lipinski definition) is 2. The van der Waals surface area contributed by atoms with Gasteiger partial charge in [0.05, 0.1) is 5.54 Å². The predicted octanol–water partition coefficient (Wildman–Crippen LogP) is -0.762. The molecule has 9 heavy (non-hydrogen) atoms. The Bertz CT molecular complexity index is 151. The topological polar surface area (TPSA) is 41.1 Å². The Hall–Kier alpha value is -0.570. The third kappa shape index (κ3) is 0.645. The van der Waals surface area contributed by atoms with E-state index in [9.17, 15) is 4.79 Å². The maximum absolute atomic E-state index is 10.7. The van der Waals surface area contributed by atoms with Crippen LogP contribution in [0, 0.1) is 0 Å². The van der Waals surface area contributed by atoms with E-state index >= 15 is 0 Å². The molecule has 2 aliphatic heterocycles. The van der Waals surface area contributed by atoms with Gasteiger partial charge in [0.1, 0.15) is 0 Å². The molecule has 0 radical (unpaired) electrons. The number of carbonyl (C=O) groups excluding carboxylic acids is 1. The summed E-state index contributed by atoms with van der Waals surface area (Å²) >= 11 is 0. The summed E-state index contributed by atoms with van der Waals surface area (Å²) in [4.78, 5) is 10.7. The van der Waals surface area contributed by atoms with Crippen LogP contribution in [-0.4, -0.2) is 24.5 Å². The quantitative estimate of drug-likeness (QED) is 0.448. The fourth-order valence-corrected chi connectivity index (χ4v) is 1.47. The Morgan fingerprint density at radius 3 is 2.44 bits per heavy atom. The van der Waals surface area contributed by atoms with Crippen molar-refractivity contribution in [2.45, 2.75) is 18.4 Å². The lowest BCUT2D eigenvalue weighted by molar-refractivity contribution is -0.120. The molecule has 1 spiro atoms. The van der Waals surface area contributed by atoms with Crippen molar-refractivity contribution in [2.75, 3.05) is 13.1 Å². The van der Waals surface area contributed by atoms with E-state index in [1.165, 1.54) is 0 Å². The molecule has 2 heterocycles. The molecule has 0 aromatic heterocycles. The summed E-state index contributed by atoms with van der Waals surface area (Å²) in [5, 5.41) is 6.12. The maximum atomic E-state index is 10.7. The first-order chi connectivity index (χ1) is 4.31. The van der Waals surface area contributed by atoms with E-state index < -0.39 is 0 Å². The van der Waals surface area contributed by atoms with Crippen LogP contribution in [0.25, 0.3) is 0 Å². The second-order valence-electron chi connectivity index (χ2n) is 2.93. The van der Waals surface area contributed by atoms with Crippen LogP contribution in [0.4, 0.5) is 0 Å². The number of carbonyl (C=O) groups is 1. The fraction of sp³-hybridized carbons (Fsp3) is 0.833. The molecule has 2 rings (SSSR count). The van der Waals surface area contributed by atoms with Gasteiger partial charge in [-0.3, -0.25) is 4.79 Å². The summed E-state index contributed by atoms with van der Waals surface area (Å²) in [6, 6.07) is 0. The van der Waals surface area contributed by atoms with Crippen molar-refractivity contribution in [3.63, 3.8) is 0 Å². The minimum absolute atomic E-state index is 0.178. The van der Waals surface area contributed by atoms with Crippen LogP contribution in [-0.2, 0) is 4.79 Å². The van der Waals surface area contributed by atoms with Gasteiger partial charge >= 0.3 is 0 Å². The van der Waals surface area contributed by atoms with Gasteiger partial charge in [-0.1, -0.05) is 0 Å². The van der Waals surface area contributed by atoms with Crippen LogP contribution in [0.3, 0.4) is 0 Å². The molecule has 0 aliphatic carbocycles. The molecule has 2 saturated heterocycles. The standard InChI is InChI=1S/C6H10N2O/c9-5-1-2-6(8-5)3-7-4-6/h7H,1-4H2,(H,8,9). The van der Waals surface area contributed by atoms with Crippen molar-refractivity contribution in [3.8, 4) is 0 Å².